The number of amides is 1. The zero-order valence-electron chi connectivity index (χ0n) is 17.2. The summed E-state index contributed by atoms with van der Waals surface area (Å²) in [5.41, 5.74) is 0.127. The Morgan fingerprint density at radius 2 is 1.91 bits per heavy atom. The van der Waals surface area contributed by atoms with E-state index in [9.17, 15) is 18.0 Å². The molecule has 3 aromatic rings. The van der Waals surface area contributed by atoms with Crippen molar-refractivity contribution in [2.45, 2.75) is 38.3 Å². The number of alkyl halides is 3. The fourth-order valence-corrected chi connectivity index (χ4v) is 3.73. The van der Waals surface area contributed by atoms with Crippen LogP contribution >= 0.6 is 23.4 Å². The van der Waals surface area contributed by atoms with Crippen LogP contribution in [0.1, 0.15) is 23.9 Å². The van der Waals surface area contributed by atoms with Gasteiger partial charge in [-0.25, -0.2) is 0 Å². The SMILES string of the molecule is CCn1c(COc2ccc(C)cc2)nnc1SCC(=O)Nc1cc(C(F)(F)F)ccc1Cl. The van der Waals surface area contributed by atoms with Crippen LogP contribution in [-0.2, 0) is 24.1 Å². The van der Waals surface area contributed by atoms with E-state index in [2.05, 4.69) is 15.5 Å². The van der Waals surface area contributed by atoms with Gasteiger partial charge in [-0.15, -0.1) is 10.2 Å². The van der Waals surface area contributed by atoms with Gasteiger partial charge in [0.2, 0.25) is 5.91 Å². The van der Waals surface area contributed by atoms with Crippen LogP contribution in [-0.4, -0.2) is 26.4 Å². The smallest absolute Gasteiger partial charge is 0.416 e. The molecular formula is C21H20ClF3N4O2S. The first-order chi connectivity index (χ1) is 15.2. The summed E-state index contributed by atoms with van der Waals surface area (Å²) in [7, 11) is 0. The fourth-order valence-electron chi connectivity index (χ4n) is 2.75. The van der Waals surface area contributed by atoms with Crippen molar-refractivity contribution in [3.05, 3.63) is 64.4 Å². The predicted octanol–water partition coefficient (Wildman–Crippen LogP) is 5.59. The highest BCUT2D eigenvalue weighted by atomic mass is 35.5. The molecule has 11 heteroatoms. The molecule has 170 valence electrons. The second kappa shape index (κ2) is 10.3. The lowest BCUT2D eigenvalue weighted by molar-refractivity contribution is -0.137. The van der Waals surface area contributed by atoms with Crippen molar-refractivity contribution in [3.63, 3.8) is 0 Å². The lowest BCUT2D eigenvalue weighted by Gasteiger charge is -2.12. The maximum absolute atomic E-state index is 12.9. The highest BCUT2D eigenvalue weighted by Crippen LogP contribution is 2.34. The summed E-state index contributed by atoms with van der Waals surface area (Å²) < 4.78 is 46.2. The molecule has 0 atom stereocenters. The van der Waals surface area contributed by atoms with Crippen LogP contribution in [0.2, 0.25) is 5.02 Å². The van der Waals surface area contributed by atoms with E-state index in [1.807, 2.05) is 42.7 Å². The molecule has 0 aliphatic heterocycles. The summed E-state index contributed by atoms with van der Waals surface area (Å²) in [5.74, 6) is 0.702. The van der Waals surface area contributed by atoms with Gasteiger partial charge in [0.15, 0.2) is 11.0 Å². The minimum absolute atomic E-state index is 0.0172. The maximum Gasteiger partial charge on any atom is 0.416 e. The summed E-state index contributed by atoms with van der Waals surface area (Å²) in [6.07, 6.45) is -4.53. The van der Waals surface area contributed by atoms with Crippen LogP contribution in [0.3, 0.4) is 0 Å². The Kier molecular flexibility index (Phi) is 7.68. The standard InChI is InChI=1S/C21H20ClF3N4O2S/c1-3-29-18(11-31-15-7-4-13(2)5-8-15)27-28-20(29)32-12-19(30)26-17-10-14(21(23,24)25)6-9-16(17)22/h4-10H,3,11-12H2,1-2H3,(H,26,30). The molecule has 0 radical (unpaired) electrons. The third-order valence-electron chi connectivity index (χ3n) is 4.40. The maximum atomic E-state index is 12.9. The zero-order valence-corrected chi connectivity index (χ0v) is 18.8. The summed E-state index contributed by atoms with van der Waals surface area (Å²) >= 11 is 7.04. The zero-order chi connectivity index (χ0) is 23.3. The van der Waals surface area contributed by atoms with Gasteiger partial charge in [0.05, 0.1) is 22.0 Å². The summed E-state index contributed by atoms with van der Waals surface area (Å²) in [6.45, 7) is 4.66. The number of halogens is 4. The second-order valence-corrected chi connectivity index (χ2v) is 8.12. The van der Waals surface area contributed by atoms with E-state index in [0.717, 1.165) is 35.5 Å². The first-order valence-electron chi connectivity index (χ1n) is 9.58. The number of carbonyl (C=O) groups is 1. The number of aromatic nitrogens is 3. The number of nitrogens with zero attached hydrogens (tertiary/aromatic N) is 3. The topological polar surface area (TPSA) is 69.0 Å². The van der Waals surface area contributed by atoms with Crippen LogP contribution in [0.5, 0.6) is 5.75 Å². The van der Waals surface area contributed by atoms with Gasteiger partial charge in [-0.05, 0) is 44.2 Å². The van der Waals surface area contributed by atoms with Crippen LogP contribution in [0, 0.1) is 6.92 Å². The average Bonchev–Trinajstić information content (AvgIpc) is 3.14. The summed E-state index contributed by atoms with van der Waals surface area (Å²) in [5, 5.41) is 11.2. The molecule has 0 saturated carbocycles. The molecular weight excluding hydrogens is 465 g/mol. The molecule has 0 spiro atoms. The van der Waals surface area contributed by atoms with Gasteiger partial charge < -0.3 is 14.6 Å². The molecule has 0 saturated heterocycles. The molecule has 0 unspecified atom stereocenters. The van der Waals surface area contributed by atoms with Gasteiger partial charge in [0, 0.05) is 6.54 Å². The number of hydrogen-bond acceptors (Lipinski definition) is 5. The van der Waals surface area contributed by atoms with E-state index in [0.29, 0.717) is 23.3 Å². The van der Waals surface area contributed by atoms with E-state index in [1.165, 1.54) is 0 Å². The van der Waals surface area contributed by atoms with Gasteiger partial charge in [0.1, 0.15) is 12.4 Å². The number of rotatable bonds is 8. The van der Waals surface area contributed by atoms with Gasteiger partial charge >= 0.3 is 6.18 Å². The number of anilines is 1. The van der Waals surface area contributed by atoms with E-state index in [4.69, 9.17) is 16.3 Å². The summed E-state index contributed by atoms with van der Waals surface area (Å²) in [4.78, 5) is 12.3. The predicted molar refractivity (Wildman–Crippen MR) is 117 cm³/mol. The Hall–Kier alpha value is -2.72. The summed E-state index contributed by atoms with van der Waals surface area (Å²) in [6, 6.07) is 10.4. The minimum atomic E-state index is -4.53. The molecule has 2 aromatic carbocycles. The molecule has 0 fully saturated rings. The van der Waals surface area contributed by atoms with Crippen molar-refractivity contribution in [2.75, 3.05) is 11.1 Å². The number of hydrogen-bond donors (Lipinski definition) is 1. The first-order valence-corrected chi connectivity index (χ1v) is 10.9. The quantitative estimate of drug-likeness (QED) is 0.422. The number of benzene rings is 2. The van der Waals surface area contributed by atoms with Crippen molar-refractivity contribution in [1.82, 2.24) is 14.8 Å². The van der Waals surface area contributed by atoms with Gasteiger partial charge in [-0.3, -0.25) is 4.79 Å². The Balaban J connectivity index is 1.61. The molecule has 1 aromatic heterocycles. The van der Waals surface area contributed by atoms with Crippen LogP contribution in [0.15, 0.2) is 47.6 Å². The Labute approximate surface area is 192 Å². The molecule has 0 aliphatic rings. The third kappa shape index (κ3) is 6.17. The van der Waals surface area contributed by atoms with Crippen molar-refractivity contribution < 1.29 is 22.7 Å². The lowest BCUT2D eigenvalue weighted by Crippen LogP contribution is -2.16. The molecule has 1 amide bonds. The Morgan fingerprint density at radius 1 is 1.19 bits per heavy atom. The minimum Gasteiger partial charge on any atom is -0.486 e. The van der Waals surface area contributed by atoms with E-state index in [-0.39, 0.29) is 23.1 Å². The lowest BCUT2D eigenvalue weighted by atomic mass is 10.2. The van der Waals surface area contributed by atoms with Crippen molar-refractivity contribution in [1.29, 1.82) is 0 Å². The molecule has 0 bridgehead atoms. The Morgan fingerprint density at radius 3 is 2.56 bits per heavy atom. The normalized spacial score (nSPS) is 11.4. The van der Waals surface area contributed by atoms with Crippen LogP contribution in [0.25, 0.3) is 0 Å². The monoisotopic (exact) mass is 484 g/mol. The number of carbonyl (C=O) groups excluding carboxylic acids is 1. The van der Waals surface area contributed by atoms with Crippen LogP contribution in [0.4, 0.5) is 18.9 Å². The highest BCUT2D eigenvalue weighted by molar-refractivity contribution is 7.99. The van der Waals surface area contributed by atoms with Gasteiger partial charge in [-0.1, -0.05) is 41.1 Å². The van der Waals surface area contributed by atoms with Crippen molar-refractivity contribution in [2.24, 2.45) is 0 Å². The number of aryl methyl sites for hydroxylation is 1. The first kappa shape index (κ1) is 23.9. The molecule has 3 rings (SSSR count). The second-order valence-electron chi connectivity index (χ2n) is 6.77. The number of nitrogens with one attached hydrogen (secondary N) is 1. The average molecular weight is 485 g/mol. The molecule has 0 aliphatic carbocycles. The van der Waals surface area contributed by atoms with Crippen molar-refractivity contribution in [3.8, 4) is 5.75 Å². The third-order valence-corrected chi connectivity index (χ3v) is 5.70. The molecule has 1 N–H and O–H groups in total. The molecule has 32 heavy (non-hydrogen) atoms. The highest BCUT2D eigenvalue weighted by Gasteiger charge is 2.31. The van der Waals surface area contributed by atoms with Gasteiger partial charge in [-0.2, -0.15) is 13.2 Å². The molecule has 1 heterocycles. The van der Waals surface area contributed by atoms with Gasteiger partial charge in [0.25, 0.3) is 0 Å². The fraction of sp³-hybridized carbons (Fsp3) is 0.286. The van der Waals surface area contributed by atoms with Crippen molar-refractivity contribution >= 4 is 35.0 Å². The number of thioether (sulfide) groups is 1. The van der Waals surface area contributed by atoms with E-state index < -0.39 is 17.6 Å². The Bertz CT molecular complexity index is 1090. The largest absolute Gasteiger partial charge is 0.486 e. The molecule has 6 nitrogen and oxygen atoms in total. The van der Waals surface area contributed by atoms with E-state index >= 15 is 0 Å². The van der Waals surface area contributed by atoms with Crippen LogP contribution < -0.4 is 10.1 Å². The number of ether oxygens (including phenoxy) is 1. The van der Waals surface area contributed by atoms with E-state index in [1.54, 1.807) is 0 Å².